The molecule has 3 nitrogen and oxygen atoms in total. The van der Waals surface area contributed by atoms with Crippen LogP contribution in [0, 0.1) is 12.8 Å². The molecule has 2 aromatic carbocycles. The molecule has 0 saturated carbocycles. The number of pyridine rings is 1. The van der Waals surface area contributed by atoms with Crippen molar-refractivity contribution in [2.75, 3.05) is 0 Å². The first-order valence-electron chi connectivity index (χ1n) is 9.17. The van der Waals surface area contributed by atoms with Gasteiger partial charge in [0.15, 0.2) is 11.9 Å². The van der Waals surface area contributed by atoms with Crippen LogP contribution in [0.15, 0.2) is 47.2 Å². The van der Waals surface area contributed by atoms with Crippen LogP contribution in [0.25, 0.3) is 33.0 Å². The summed E-state index contributed by atoms with van der Waals surface area (Å²) < 4.78 is 14.3. The highest BCUT2D eigenvalue weighted by Crippen LogP contribution is 2.49. The molecular formula is C23H22NO2+. The average molecular weight is 344 g/mol. The maximum absolute atomic E-state index is 6.38. The molecule has 3 heterocycles. The molecule has 0 amide bonds. The maximum atomic E-state index is 6.38. The van der Waals surface area contributed by atoms with Gasteiger partial charge in [-0.15, -0.1) is 0 Å². The fraction of sp³-hybridized carbons (Fsp3) is 0.261. The fourth-order valence-electron chi connectivity index (χ4n) is 4.16. The predicted molar refractivity (Wildman–Crippen MR) is 104 cm³/mol. The zero-order chi connectivity index (χ0) is 18.0. The van der Waals surface area contributed by atoms with Crippen LogP contribution in [-0.4, -0.2) is 0 Å². The lowest BCUT2D eigenvalue weighted by Crippen LogP contribution is -2.32. The summed E-state index contributed by atoms with van der Waals surface area (Å²) in [4.78, 5) is 0. The molecule has 0 aliphatic carbocycles. The van der Waals surface area contributed by atoms with E-state index in [4.69, 9.17) is 9.15 Å². The SMILES string of the molecule is Cc1ccc2occ3c2c1-c1c(c2cc(CC(C)C)ccc2c[n+]1C)O3. The minimum atomic E-state index is 0.625. The molecule has 26 heavy (non-hydrogen) atoms. The molecule has 0 fully saturated rings. The topological polar surface area (TPSA) is 26.2 Å². The summed E-state index contributed by atoms with van der Waals surface area (Å²) in [6.07, 6.45) is 4.99. The molecule has 5 rings (SSSR count). The Morgan fingerprint density at radius 3 is 2.77 bits per heavy atom. The Hall–Kier alpha value is -2.81. The van der Waals surface area contributed by atoms with Crippen molar-refractivity contribution in [3.05, 3.63) is 53.9 Å². The van der Waals surface area contributed by atoms with E-state index in [-0.39, 0.29) is 0 Å². The molecule has 0 saturated heterocycles. The summed E-state index contributed by atoms with van der Waals surface area (Å²) in [7, 11) is 2.09. The fourth-order valence-corrected chi connectivity index (χ4v) is 4.16. The number of rotatable bonds is 2. The first-order chi connectivity index (χ1) is 12.5. The molecule has 0 radical (unpaired) electrons. The number of fused-ring (bicyclic) bond motifs is 4. The zero-order valence-corrected chi connectivity index (χ0v) is 15.6. The third-order valence-electron chi connectivity index (χ3n) is 5.27. The molecule has 0 unspecified atom stereocenters. The molecule has 130 valence electrons. The van der Waals surface area contributed by atoms with Gasteiger partial charge in [0.1, 0.15) is 18.9 Å². The highest BCUT2D eigenvalue weighted by atomic mass is 16.5. The molecule has 0 spiro atoms. The number of aryl methyl sites for hydroxylation is 2. The number of benzene rings is 2. The van der Waals surface area contributed by atoms with Gasteiger partial charge in [0, 0.05) is 10.8 Å². The van der Waals surface area contributed by atoms with Crippen LogP contribution in [-0.2, 0) is 13.5 Å². The molecule has 0 bridgehead atoms. The normalized spacial score (nSPS) is 12.7. The predicted octanol–water partition coefficient (Wildman–Crippen LogP) is 5.69. The van der Waals surface area contributed by atoms with E-state index in [1.165, 1.54) is 27.5 Å². The van der Waals surface area contributed by atoms with E-state index in [1.807, 2.05) is 6.07 Å². The Labute approximate surface area is 152 Å². The van der Waals surface area contributed by atoms with Gasteiger partial charge in [-0.3, -0.25) is 0 Å². The molecule has 1 aliphatic rings. The van der Waals surface area contributed by atoms with Crippen molar-refractivity contribution in [3.8, 4) is 22.8 Å². The molecule has 0 N–H and O–H groups in total. The smallest absolute Gasteiger partial charge is 0.257 e. The second kappa shape index (κ2) is 5.34. The lowest BCUT2D eigenvalue weighted by atomic mass is 9.94. The molecule has 3 heteroatoms. The van der Waals surface area contributed by atoms with E-state index in [9.17, 15) is 0 Å². The van der Waals surface area contributed by atoms with Crippen molar-refractivity contribution in [1.82, 2.24) is 0 Å². The molecular weight excluding hydrogens is 322 g/mol. The van der Waals surface area contributed by atoms with Gasteiger partial charge in [0.2, 0.25) is 5.75 Å². The summed E-state index contributed by atoms with van der Waals surface area (Å²) >= 11 is 0. The summed E-state index contributed by atoms with van der Waals surface area (Å²) in [5, 5.41) is 3.43. The van der Waals surface area contributed by atoms with Gasteiger partial charge < -0.3 is 9.15 Å². The van der Waals surface area contributed by atoms with Crippen LogP contribution in [0.2, 0.25) is 0 Å². The monoisotopic (exact) mass is 344 g/mol. The van der Waals surface area contributed by atoms with Gasteiger partial charge in [-0.25, -0.2) is 0 Å². The molecule has 0 atom stereocenters. The minimum absolute atomic E-state index is 0.625. The van der Waals surface area contributed by atoms with Gasteiger partial charge in [-0.05, 0) is 48.6 Å². The van der Waals surface area contributed by atoms with Crippen LogP contribution in [0.3, 0.4) is 0 Å². The average Bonchev–Trinajstić information content (AvgIpc) is 3.01. The van der Waals surface area contributed by atoms with Crippen molar-refractivity contribution in [2.24, 2.45) is 13.0 Å². The summed E-state index contributed by atoms with van der Waals surface area (Å²) in [5.41, 5.74) is 5.79. The Bertz CT molecular complexity index is 1180. The Kier molecular flexibility index (Phi) is 3.17. The van der Waals surface area contributed by atoms with Gasteiger partial charge in [0.25, 0.3) is 5.69 Å². The van der Waals surface area contributed by atoms with Crippen LogP contribution >= 0.6 is 0 Å². The first kappa shape index (κ1) is 15.4. The zero-order valence-electron chi connectivity index (χ0n) is 15.6. The highest BCUT2D eigenvalue weighted by Gasteiger charge is 2.32. The van der Waals surface area contributed by atoms with Crippen molar-refractivity contribution in [2.45, 2.75) is 27.2 Å². The molecule has 2 aromatic heterocycles. The van der Waals surface area contributed by atoms with Crippen LogP contribution in [0.4, 0.5) is 0 Å². The van der Waals surface area contributed by atoms with Crippen LogP contribution in [0.5, 0.6) is 11.5 Å². The lowest BCUT2D eigenvalue weighted by molar-refractivity contribution is -0.659. The van der Waals surface area contributed by atoms with Crippen molar-refractivity contribution >= 4 is 21.7 Å². The number of hydrogen-bond donors (Lipinski definition) is 0. The number of ether oxygens (including phenoxy) is 1. The van der Waals surface area contributed by atoms with Crippen molar-refractivity contribution in [3.63, 3.8) is 0 Å². The summed E-state index contributed by atoms with van der Waals surface area (Å²) in [6.45, 7) is 6.66. The Morgan fingerprint density at radius 2 is 1.96 bits per heavy atom. The number of furan rings is 1. The molecule has 1 aliphatic heterocycles. The highest BCUT2D eigenvalue weighted by molar-refractivity contribution is 6.05. The van der Waals surface area contributed by atoms with Crippen molar-refractivity contribution < 1.29 is 13.7 Å². The van der Waals surface area contributed by atoms with E-state index in [1.54, 1.807) is 6.26 Å². The Morgan fingerprint density at radius 1 is 1.12 bits per heavy atom. The van der Waals surface area contributed by atoms with Crippen LogP contribution < -0.4 is 9.30 Å². The first-order valence-corrected chi connectivity index (χ1v) is 9.17. The van der Waals surface area contributed by atoms with Crippen LogP contribution in [0.1, 0.15) is 25.0 Å². The van der Waals surface area contributed by atoms with E-state index in [0.717, 1.165) is 34.6 Å². The van der Waals surface area contributed by atoms with Crippen molar-refractivity contribution in [1.29, 1.82) is 0 Å². The lowest BCUT2D eigenvalue weighted by Gasteiger charge is -2.18. The standard InChI is InChI=1S/C23H22NO2/c1-13(2)9-15-6-7-16-11-24(4)22-20-14(3)5-8-18-21(20)19(12-25-18)26-23(22)17(16)10-15/h5-8,10-13H,9H2,1-4H3/q+1. The number of nitrogens with zero attached hydrogens (tertiary/aromatic N) is 1. The maximum Gasteiger partial charge on any atom is 0.257 e. The number of hydrogen-bond acceptors (Lipinski definition) is 2. The van der Waals surface area contributed by atoms with Gasteiger partial charge in [0.05, 0.1) is 10.9 Å². The summed E-state index contributed by atoms with van der Waals surface area (Å²) in [6, 6.07) is 10.9. The number of aromatic nitrogens is 1. The van der Waals surface area contributed by atoms with Gasteiger partial charge in [-0.1, -0.05) is 26.0 Å². The second-order valence-electron chi connectivity index (χ2n) is 7.77. The minimum Gasteiger partial charge on any atom is -0.460 e. The summed E-state index contributed by atoms with van der Waals surface area (Å²) in [5.74, 6) is 2.37. The van der Waals surface area contributed by atoms with E-state index in [0.29, 0.717) is 5.92 Å². The second-order valence-corrected chi connectivity index (χ2v) is 7.77. The third-order valence-corrected chi connectivity index (χ3v) is 5.27. The van der Waals surface area contributed by atoms with E-state index in [2.05, 4.69) is 62.8 Å². The largest absolute Gasteiger partial charge is 0.460 e. The van der Waals surface area contributed by atoms with Gasteiger partial charge in [-0.2, -0.15) is 4.57 Å². The third kappa shape index (κ3) is 2.10. The van der Waals surface area contributed by atoms with E-state index < -0.39 is 0 Å². The Balaban J connectivity index is 1.87. The molecule has 4 aromatic rings. The van der Waals surface area contributed by atoms with E-state index >= 15 is 0 Å². The quantitative estimate of drug-likeness (QED) is 0.385. The van der Waals surface area contributed by atoms with Gasteiger partial charge >= 0.3 is 0 Å².